The summed E-state index contributed by atoms with van der Waals surface area (Å²) in [5, 5.41) is 15.0. The number of carboxylic acid groups (broad SMARTS) is 1. The molecule has 2 aromatic carbocycles. The predicted molar refractivity (Wildman–Crippen MR) is 138 cm³/mol. The van der Waals surface area contributed by atoms with Crippen molar-refractivity contribution in [1.29, 1.82) is 0 Å². The number of nitrogens with one attached hydrogen (secondary N) is 3. The quantitative estimate of drug-likeness (QED) is 0.297. The maximum Gasteiger partial charge on any atom is 0.328 e. The lowest BCUT2D eigenvalue weighted by Crippen LogP contribution is -2.45. The lowest BCUT2D eigenvalue weighted by atomic mass is 10.1. The molecule has 182 valence electrons. The smallest absolute Gasteiger partial charge is 0.328 e. The van der Waals surface area contributed by atoms with Crippen molar-refractivity contribution in [1.82, 2.24) is 15.3 Å². The number of carbonyl (C=O) groups excluding carboxylic acids is 2. The van der Waals surface area contributed by atoms with Gasteiger partial charge >= 0.3 is 5.97 Å². The molecule has 0 bridgehead atoms. The summed E-state index contributed by atoms with van der Waals surface area (Å²) < 4.78 is 0. The summed E-state index contributed by atoms with van der Waals surface area (Å²) in [6.45, 7) is 6.78. The van der Waals surface area contributed by atoms with Crippen LogP contribution in [0.2, 0.25) is 0 Å². The fraction of sp³-hybridized carbons (Fsp3) is 0.154. The number of rotatable bonds is 9. The normalized spacial score (nSPS) is 11.9. The number of benzene rings is 2. The van der Waals surface area contributed by atoms with Crippen LogP contribution in [0.5, 0.6) is 0 Å². The number of para-hydroxylation sites is 1. The highest BCUT2D eigenvalue weighted by Gasteiger charge is 2.21. The van der Waals surface area contributed by atoms with Gasteiger partial charge in [0, 0.05) is 23.4 Å². The molecular formula is C26H29N5O4. The number of hydrogen-bond donors (Lipinski definition) is 5. The van der Waals surface area contributed by atoms with Crippen molar-refractivity contribution in [3.05, 3.63) is 90.9 Å². The van der Waals surface area contributed by atoms with Crippen LogP contribution in [0.25, 0.3) is 16.6 Å². The second kappa shape index (κ2) is 13.1. The Balaban J connectivity index is 0.00000100. The summed E-state index contributed by atoms with van der Waals surface area (Å²) >= 11 is 0. The number of nitrogens with two attached hydrogens (primary N) is 1. The molecule has 0 saturated carbocycles. The highest BCUT2D eigenvalue weighted by atomic mass is 16.4. The molecule has 0 aliphatic carbocycles. The molecular weight excluding hydrogens is 446 g/mol. The van der Waals surface area contributed by atoms with Gasteiger partial charge in [0.25, 0.3) is 5.91 Å². The zero-order valence-electron chi connectivity index (χ0n) is 19.6. The van der Waals surface area contributed by atoms with E-state index in [2.05, 4.69) is 27.2 Å². The van der Waals surface area contributed by atoms with Gasteiger partial charge in [-0.3, -0.25) is 4.79 Å². The van der Waals surface area contributed by atoms with Gasteiger partial charge in [0.2, 0.25) is 0 Å². The molecule has 1 aromatic heterocycles. The van der Waals surface area contributed by atoms with Crippen molar-refractivity contribution in [2.75, 3.05) is 11.9 Å². The summed E-state index contributed by atoms with van der Waals surface area (Å²) in [5.41, 5.74) is 8.60. The molecule has 0 radical (unpaired) electrons. The number of ketones is 1. The number of carboxylic acids is 1. The fourth-order valence-corrected chi connectivity index (χ4v) is 2.95. The van der Waals surface area contributed by atoms with Gasteiger partial charge < -0.3 is 31.3 Å². The molecule has 0 saturated heterocycles. The summed E-state index contributed by atoms with van der Waals surface area (Å²) in [6, 6.07) is 13.0. The molecule has 1 unspecified atom stereocenters. The number of imidazole rings is 1. The van der Waals surface area contributed by atoms with E-state index in [1.165, 1.54) is 20.0 Å². The third-order valence-corrected chi connectivity index (χ3v) is 4.48. The van der Waals surface area contributed by atoms with Crippen molar-refractivity contribution >= 4 is 40.0 Å². The highest BCUT2D eigenvalue weighted by Crippen LogP contribution is 2.19. The molecule has 3 rings (SSSR count). The number of H-pyrrole nitrogens is 1. The second-order valence-electron chi connectivity index (χ2n) is 7.55. The first kappa shape index (κ1) is 26.6. The topological polar surface area (TPSA) is 150 Å². The van der Waals surface area contributed by atoms with Crippen molar-refractivity contribution in [3.63, 3.8) is 0 Å². The molecule has 35 heavy (non-hydrogen) atoms. The fourth-order valence-electron chi connectivity index (χ4n) is 2.95. The van der Waals surface area contributed by atoms with E-state index in [1.807, 2.05) is 30.3 Å². The van der Waals surface area contributed by atoms with Crippen molar-refractivity contribution < 1.29 is 19.5 Å². The predicted octanol–water partition coefficient (Wildman–Crippen LogP) is 3.50. The van der Waals surface area contributed by atoms with E-state index in [-0.39, 0.29) is 12.3 Å². The van der Waals surface area contributed by atoms with Crippen LogP contribution in [0.4, 0.5) is 5.69 Å². The standard InChI is InChI=1S/C23H23N5O3.C3H6O/c1-2-6-15(11-12-24)21-26-18-10-9-16(13-19(18)27-21)22(29)28-20(23(30)31)14-25-17-7-4-3-5-8-17;1-3(2)4/h2-13,20,25H,1,14,24H2,(H,26,27)(H,28,29)(H,30,31);1-2H3/b12-11-,15-6+;. The van der Waals surface area contributed by atoms with E-state index in [4.69, 9.17) is 5.73 Å². The first-order valence-corrected chi connectivity index (χ1v) is 10.8. The Labute approximate surface area is 203 Å². The summed E-state index contributed by atoms with van der Waals surface area (Å²) in [5.74, 6) is -0.886. The van der Waals surface area contributed by atoms with Crippen molar-refractivity contribution in [2.45, 2.75) is 19.9 Å². The molecule has 1 atom stereocenters. The molecule has 9 heteroatoms. The number of allylic oxidation sites excluding steroid dienone is 4. The Morgan fingerprint density at radius 2 is 1.86 bits per heavy atom. The van der Waals surface area contributed by atoms with Crippen LogP contribution < -0.4 is 16.4 Å². The van der Waals surface area contributed by atoms with E-state index in [1.54, 1.807) is 36.4 Å². The number of hydrogen-bond acceptors (Lipinski definition) is 6. The van der Waals surface area contributed by atoms with Gasteiger partial charge in [-0.25, -0.2) is 9.78 Å². The molecule has 9 nitrogen and oxygen atoms in total. The zero-order chi connectivity index (χ0) is 25.8. The monoisotopic (exact) mass is 475 g/mol. The van der Waals surface area contributed by atoms with Crippen LogP contribution in [-0.4, -0.2) is 45.3 Å². The first-order valence-electron chi connectivity index (χ1n) is 10.8. The SMILES string of the molecule is C=C/C=C(\C=C/N)c1nc2ccc(C(=O)NC(CNc3ccccc3)C(=O)O)cc2[nH]1.CC(C)=O. The third kappa shape index (κ3) is 8.32. The largest absolute Gasteiger partial charge is 0.480 e. The van der Waals surface area contributed by atoms with Gasteiger partial charge in [-0.1, -0.05) is 36.9 Å². The van der Waals surface area contributed by atoms with Gasteiger partial charge in [0.1, 0.15) is 17.6 Å². The highest BCUT2D eigenvalue weighted by molar-refractivity contribution is 5.99. The Kier molecular flexibility index (Phi) is 9.99. The maximum atomic E-state index is 12.7. The number of aromatic amines is 1. The minimum atomic E-state index is -1.13. The van der Waals surface area contributed by atoms with E-state index in [0.717, 1.165) is 11.3 Å². The number of anilines is 1. The molecule has 3 aromatic rings. The van der Waals surface area contributed by atoms with E-state index < -0.39 is 17.9 Å². The van der Waals surface area contributed by atoms with Gasteiger partial charge in [0.15, 0.2) is 0 Å². The van der Waals surface area contributed by atoms with Gasteiger partial charge in [0.05, 0.1) is 11.0 Å². The van der Waals surface area contributed by atoms with E-state index in [9.17, 15) is 19.5 Å². The molecule has 0 aliphatic heterocycles. The number of aliphatic carboxylic acids is 1. The molecule has 0 aliphatic rings. The maximum absolute atomic E-state index is 12.7. The minimum Gasteiger partial charge on any atom is -0.480 e. The van der Waals surface area contributed by atoms with Gasteiger partial charge in [-0.2, -0.15) is 0 Å². The van der Waals surface area contributed by atoms with Crippen molar-refractivity contribution in [2.24, 2.45) is 5.73 Å². The molecule has 1 heterocycles. The van der Waals surface area contributed by atoms with Gasteiger partial charge in [-0.05, 0) is 56.5 Å². The average molecular weight is 476 g/mol. The van der Waals surface area contributed by atoms with Crippen LogP contribution in [0, 0.1) is 0 Å². The Morgan fingerprint density at radius 1 is 1.17 bits per heavy atom. The van der Waals surface area contributed by atoms with Crippen molar-refractivity contribution in [3.8, 4) is 0 Å². The number of fused-ring (bicyclic) bond motifs is 1. The van der Waals surface area contributed by atoms with E-state index >= 15 is 0 Å². The molecule has 6 N–H and O–H groups in total. The lowest BCUT2D eigenvalue weighted by Gasteiger charge is -2.16. The number of amides is 1. The second-order valence-corrected chi connectivity index (χ2v) is 7.55. The summed E-state index contributed by atoms with van der Waals surface area (Å²) in [7, 11) is 0. The van der Waals surface area contributed by atoms with Gasteiger partial charge in [-0.15, -0.1) is 0 Å². The van der Waals surface area contributed by atoms with Crippen LogP contribution in [-0.2, 0) is 9.59 Å². The molecule has 0 spiro atoms. The summed E-state index contributed by atoms with van der Waals surface area (Å²) in [6.07, 6.45) is 6.46. The third-order valence-electron chi connectivity index (χ3n) is 4.48. The first-order chi connectivity index (χ1) is 16.7. The molecule has 1 amide bonds. The van der Waals surface area contributed by atoms with E-state index in [0.29, 0.717) is 22.4 Å². The molecule has 0 fully saturated rings. The van der Waals surface area contributed by atoms with Crippen LogP contribution in [0.3, 0.4) is 0 Å². The van der Waals surface area contributed by atoms with Crippen LogP contribution in [0.1, 0.15) is 30.0 Å². The zero-order valence-corrected chi connectivity index (χ0v) is 19.6. The Hall–Kier alpha value is -4.66. The van der Waals surface area contributed by atoms with Crippen LogP contribution >= 0.6 is 0 Å². The number of Topliss-reactive ketones (excluding diaryl/α,β-unsaturated/α-hetero) is 1. The lowest BCUT2D eigenvalue weighted by molar-refractivity contribution is -0.138. The Bertz CT molecular complexity index is 1240. The summed E-state index contributed by atoms with van der Waals surface area (Å²) in [4.78, 5) is 41.3. The Morgan fingerprint density at radius 3 is 2.46 bits per heavy atom. The number of carbonyl (C=O) groups is 3. The van der Waals surface area contributed by atoms with Crippen LogP contribution in [0.15, 0.2) is 79.5 Å². The average Bonchev–Trinajstić information content (AvgIpc) is 3.25. The number of aromatic nitrogens is 2. The minimum absolute atomic E-state index is 0.0443. The number of nitrogens with zero attached hydrogens (tertiary/aromatic N) is 1.